The van der Waals surface area contributed by atoms with Gasteiger partial charge in [-0.2, -0.15) is 13.5 Å². The van der Waals surface area contributed by atoms with Crippen LogP contribution in [-0.2, 0) is 10.0 Å². The second kappa shape index (κ2) is 6.39. The summed E-state index contributed by atoms with van der Waals surface area (Å²) in [5.74, 6) is 0.390. The number of rotatable bonds is 4. The van der Waals surface area contributed by atoms with E-state index in [9.17, 15) is 8.42 Å². The van der Waals surface area contributed by atoms with Crippen LogP contribution in [0, 0.1) is 5.92 Å². The van der Waals surface area contributed by atoms with Gasteiger partial charge in [0.05, 0.1) is 4.90 Å². The molecular formula is C13H17ClN2O2S. The third-order valence-corrected chi connectivity index (χ3v) is 4.72. The molecule has 6 heteroatoms. The fourth-order valence-electron chi connectivity index (χ4n) is 2.15. The van der Waals surface area contributed by atoms with Gasteiger partial charge in [-0.1, -0.05) is 30.9 Å². The monoisotopic (exact) mass is 300 g/mol. The molecule has 0 unspecified atom stereocenters. The van der Waals surface area contributed by atoms with E-state index in [0.717, 1.165) is 12.8 Å². The predicted molar refractivity (Wildman–Crippen MR) is 76.8 cm³/mol. The Hall–Kier alpha value is -1.07. The maximum Gasteiger partial charge on any atom is 0.276 e. The van der Waals surface area contributed by atoms with Gasteiger partial charge >= 0.3 is 0 Å². The van der Waals surface area contributed by atoms with Crippen molar-refractivity contribution in [3.05, 3.63) is 29.3 Å². The Labute approximate surface area is 118 Å². The summed E-state index contributed by atoms with van der Waals surface area (Å²) in [6.07, 6.45) is 7.55. The van der Waals surface area contributed by atoms with Gasteiger partial charge in [-0.05, 0) is 43.0 Å². The summed E-state index contributed by atoms with van der Waals surface area (Å²) in [5.41, 5.74) is 0. The zero-order valence-electron chi connectivity index (χ0n) is 10.5. The first-order valence-corrected chi connectivity index (χ1v) is 8.24. The molecule has 1 aromatic rings. The van der Waals surface area contributed by atoms with Crippen LogP contribution in [0.15, 0.2) is 34.3 Å². The fraction of sp³-hybridized carbons (Fsp3) is 0.462. The quantitative estimate of drug-likeness (QED) is 0.686. The summed E-state index contributed by atoms with van der Waals surface area (Å²) in [6.45, 7) is 0. The molecule has 4 nitrogen and oxygen atoms in total. The molecule has 0 saturated heterocycles. The highest BCUT2D eigenvalue weighted by atomic mass is 35.5. The van der Waals surface area contributed by atoms with Crippen LogP contribution >= 0.6 is 11.6 Å². The molecule has 0 aliphatic heterocycles. The molecule has 1 aliphatic rings. The van der Waals surface area contributed by atoms with Crippen molar-refractivity contribution in [3.8, 4) is 0 Å². The molecule has 2 rings (SSSR count). The molecular weight excluding hydrogens is 284 g/mol. The maximum atomic E-state index is 11.9. The van der Waals surface area contributed by atoms with E-state index in [4.69, 9.17) is 11.6 Å². The lowest BCUT2D eigenvalue weighted by atomic mass is 9.90. The Bertz CT molecular complexity index is 534. The Morgan fingerprint density at radius 1 is 1.16 bits per heavy atom. The smallest absolute Gasteiger partial charge is 0.200 e. The summed E-state index contributed by atoms with van der Waals surface area (Å²) >= 11 is 5.72. The first kappa shape index (κ1) is 14.3. The van der Waals surface area contributed by atoms with E-state index in [0.29, 0.717) is 10.9 Å². The highest BCUT2D eigenvalue weighted by molar-refractivity contribution is 7.89. The lowest BCUT2D eigenvalue weighted by Gasteiger charge is -2.16. The number of hydrogen-bond donors (Lipinski definition) is 1. The lowest BCUT2D eigenvalue weighted by Crippen LogP contribution is -2.19. The molecule has 1 saturated carbocycles. The van der Waals surface area contributed by atoms with Gasteiger partial charge < -0.3 is 0 Å². The highest BCUT2D eigenvalue weighted by Crippen LogP contribution is 2.21. The van der Waals surface area contributed by atoms with Crippen molar-refractivity contribution in [2.24, 2.45) is 11.0 Å². The first-order valence-electron chi connectivity index (χ1n) is 6.38. The molecule has 19 heavy (non-hydrogen) atoms. The standard InChI is InChI=1S/C13H17ClN2O2S/c14-12-6-8-13(9-7-12)19(17,18)16-15-10-11-4-2-1-3-5-11/h6-11,16H,1-5H2. The third kappa shape index (κ3) is 4.21. The number of hydrogen-bond acceptors (Lipinski definition) is 3. The van der Waals surface area contributed by atoms with Gasteiger partial charge in [0.25, 0.3) is 10.0 Å². The van der Waals surface area contributed by atoms with Crippen LogP contribution in [-0.4, -0.2) is 14.6 Å². The average Bonchev–Trinajstić information content (AvgIpc) is 2.40. The summed E-state index contributed by atoms with van der Waals surface area (Å²) in [5, 5.41) is 4.37. The predicted octanol–water partition coefficient (Wildman–Crippen LogP) is 3.18. The summed E-state index contributed by atoms with van der Waals surface area (Å²) in [6, 6.07) is 6.00. The Morgan fingerprint density at radius 3 is 2.42 bits per heavy atom. The second-order valence-electron chi connectivity index (χ2n) is 4.72. The second-order valence-corrected chi connectivity index (χ2v) is 6.82. The fourth-order valence-corrected chi connectivity index (χ4v) is 3.08. The van der Waals surface area contributed by atoms with E-state index in [1.54, 1.807) is 18.3 Å². The number of sulfonamides is 1. The molecule has 1 N–H and O–H groups in total. The number of nitrogens with zero attached hydrogens (tertiary/aromatic N) is 1. The molecule has 0 radical (unpaired) electrons. The van der Waals surface area contributed by atoms with Crippen LogP contribution in [0.5, 0.6) is 0 Å². The van der Waals surface area contributed by atoms with Crippen LogP contribution in [0.4, 0.5) is 0 Å². The Morgan fingerprint density at radius 2 is 1.79 bits per heavy atom. The largest absolute Gasteiger partial charge is 0.276 e. The third-order valence-electron chi connectivity index (χ3n) is 3.23. The summed E-state index contributed by atoms with van der Waals surface area (Å²) in [4.78, 5) is 2.41. The topological polar surface area (TPSA) is 58.5 Å². The van der Waals surface area contributed by atoms with Crippen molar-refractivity contribution < 1.29 is 8.42 Å². The average molecular weight is 301 g/mol. The first-order chi connectivity index (χ1) is 9.08. The van der Waals surface area contributed by atoms with Gasteiger partial charge in [-0.3, -0.25) is 0 Å². The van der Waals surface area contributed by atoms with E-state index in [1.165, 1.54) is 31.4 Å². The van der Waals surface area contributed by atoms with Crippen molar-refractivity contribution in [2.45, 2.75) is 37.0 Å². The molecule has 1 aliphatic carbocycles. The van der Waals surface area contributed by atoms with Crippen LogP contribution < -0.4 is 4.83 Å². The molecule has 1 fully saturated rings. The van der Waals surface area contributed by atoms with Crippen molar-refractivity contribution in [3.63, 3.8) is 0 Å². The van der Waals surface area contributed by atoms with Gasteiger partial charge in [0.1, 0.15) is 0 Å². The van der Waals surface area contributed by atoms with Crippen molar-refractivity contribution in [1.29, 1.82) is 0 Å². The van der Waals surface area contributed by atoms with E-state index < -0.39 is 10.0 Å². The van der Waals surface area contributed by atoms with Gasteiger partial charge in [0.2, 0.25) is 0 Å². The van der Waals surface area contributed by atoms with Crippen LogP contribution in [0.3, 0.4) is 0 Å². The number of benzene rings is 1. The number of hydrazone groups is 1. The SMILES string of the molecule is O=S(=O)(NN=CC1CCCCC1)c1ccc(Cl)cc1. The molecule has 0 bridgehead atoms. The molecule has 1 aromatic carbocycles. The van der Waals surface area contributed by atoms with Gasteiger partial charge in [-0.25, -0.2) is 4.83 Å². The van der Waals surface area contributed by atoms with Crippen molar-refractivity contribution >= 4 is 27.8 Å². The number of nitrogens with one attached hydrogen (secondary N) is 1. The minimum Gasteiger partial charge on any atom is -0.200 e. The van der Waals surface area contributed by atoms with E-state index in [-0.39, 0.29) is 4.90 Å². The maximum absolute atomic E-state index is 11.9. The zero-order chi connectivity index (χ0) is 13.7. The molecule has 0 amide bonds. The minimum atomic E-state index is -3.58. The van der Waals surface area contributed by atoms with Crippen molar-refractivity contribution in [2.75, 3.05) is 0 Å². The van der Waals surface area contributed by atoms with E-state index in [1.807, 2.05) is 0 Å². The zero-order valence-corrected chi connectivity index (χ0v) is 12.1. The van der Waals surface area contributed by atoms with Gasteiger partial charge in [0, 0.05) is 11.2 Å². The minimum absolute atomic E-state index is 0.165. The van der Waals surface area contributed by atoms with Crippen LogP contribution in [0.25, 0.3) is 0 Å². The summed E-state index contributed by atoms with van der Waals surface area (Å²) < 4.78 is 23.8. The molecule has 104 valence electrons. The normalized spacial score (nSPS) is 17.7. The molecule has 0 heterocycles. The summed E-state index contributed by atoms with van der Waals surface area (Å²) in [7, 11) is -3.58. The van der Waals surface area contributed by atoms with Gasteiger partial charge in [-0.15, -0.1) is 0 Å². The van der Waals surface area contributed by atoms with E-state index in [2.05, 4.69) is 9.93 Å². The van der Waals surface area contributed by atoms with Gasteiger partial charge in [0.15, 0.2) is 0 Å². The van der Waals surface area contributed by atoms with E-state index >= 15 is 0 Å². The van der Waals surface area contributed by atoms with Crippen LogP contribution in [0.2, 0.25) is 5.02 Å². The molecule has 0 aromatic heterocycles. The van der Waals surface area contributed by atoms with Crippen LogP contribution in [0.1, 0.15) is 32.1 Å². The number of halogens is 1. The molecule has 0 atom stereocenters. The molecule has 0 spiro atoms. The Kier molecular flexibility index (Phi) is 4.82. The van der Waals surface area contributed by atoms with Crippen molar-refractivity contribution in [1.82, 2.24) is 4.83 Å². The Balaban J connectivity index is 1.97. The highest BCUT2D eigenvalue weighted by Gasteiger charge is 2.14. The lowest BCUT2D eigenvalue weighted by molar-refractivity contribution is 0.444.